The van der Waals surface area contributed by atoms with Gasteiger partial charge in [0.15, 0.2) is 0 Å². The Bertz CT molecular complexity index is 76.1. The van der Waals surface area contributed by atoms with Crippen LogP contribution in [0.15, 0.2) is 0 Å². The van der Waals surface area contributed by atoms with Crippen LogP contribution in [0, 0.1) is 0 Å². The van der Waals surface area contributed by atoms with E-state index >= 15 is 0 Å². The van der Waals surface area contributed by atoms with Crippen molar-refractivity contribution >= 4 is 69.6 Å². The smallest absolute Gasteiger partial charge is 0.123 e. The van der Waals surface area contributed by atoms with E-state index in [0.717, 1.165) is 0 Å². The van der Waals surface area contributed by atoms with Crippen LogP contribution in [0.2, 0.25) is 0 Å². The lowest BCUT2D eigenvalue weighted by atomic mass is 10.6. The minimum atomic E-state index is -0.438. The molecule has 0 aromatic rings. The number of hydrogen-bond donors (Lipinski definition) is 0. The highest BCUT2D eigenvalue weighted by molar-refractivity contribution is 6.48. The van der Waals surface area contributed by atoms with Crippen LogP contribution < -0.4 is 0 Å². The normalized spacial score (nSPS) is 12.8. The largest absolute Gasteiger partial charge is 0.127 e. The summed E-state index contributed by atoms with van der Waals surface area (Å²) in [5, 5.41) is -0.145. The maximum absolute atomic E-state index is 5.35. The van der Waals surface area contributed by atoms with Gasteiger partial charge in [0, 0.05) is 5.88 Å². The minimum absolute atomic E-state index is 0.145. The molecule has 0 spiro atoms. The summed E-state index contributed by atoms with van der Waals surface area (Å²) < 4.78 is 0. The molecule has 0 saturated heterocycles. The van der Waals surface area contributed by atoms with Gasteiger partial charge in [-0.2, -0.15) is 0 Å². The summed E-state index contributed by atoms with van der Waals surface area (Å²) in [5.41, 5.74) is 0. The van der Waals surface area contributed by atoms with Crippen molar-refractivity contribution in [2.45, 2.75) is 28.4 Å². The Balaban J connectivity index is 0. The molecule has 1 unspecified atom stereocenters. The number of hydrogen-bond acceptors (Lipinski definition) is 0. The van der Waals surface area contributed by atoms with Gasteiger partial charge in [0.1, 0.15) is 9.67 Å². The first-order chi connectivity index (χ1) is 5.41. The third-order valence-electron chi connectivity index (χ3n) is 0.675. The van der Waals surface area contributed by atoms with Gasteiger partial charge in [-0.05, 0) is 13.3 Å². The standard InChI is InChI=1S/2C3H5Cl3/c1-2(4)3(5)6;4-2-1-3(5)6/h2-3H,1H3;3H,1-2H2. The van der Waals surface area contributed by atoms with Crippen molar-refractivity contribution in [3.05, 3.63) is 0 Å². The average Bonchev–Trinajstić information content (AvgIpc) is 1.87. The van der Waals surface area contributed by atoms with Crippen molar-refractivity contribution in [2.24, 2.45) is 0 Å². The fourth-order valence-corrected chi connectivity index (χ4v) is 0.742. The highest BCUT2D eigenvalue weighted by Gasteiger charge is 2.04. The van der Waals surface area contributed by atoms with Crippen LogP contribution in [0.1, 0.15) is 13.3 Å². The maximum Gasteiger partial charge on any atom is 0.123 e. The van der Waals surface area contributed by atoms with Crippen molar-refractivity contribution in [2.75, 3.05) is 5.88 Å². The van der Waals surface area contributed by atoms with Crippen LogP contribution in [-0.2, 0) is 0 Å². The van der Waals surface area contributed by atoms with Gasteiger partial charge in [-0.1, -0.05) is 0 Å². The van der Waals surface area contributed by atoms with Crippen LogP contribution in [-0.4, -0.2) is 20.9 Å². The molecule has 0 N–H and O–H groups in total. The molecule has 0 radical (unpaired) electrons. The third kappa shape index (κ3) is 17.7. The van der Waals surface area contributed by atoms with Gasteiger partial charge in [-0.15, -0.1) is 69.6 Å². The Morgan fingerprint density at radius 2 is 1.33 bits per heavy atom. The van der Waals surface area contributed by atoms with Crippen molar-refractivity contribution in [3.8, 4) is 0 Å². The van der Waals surface area contributed by atoms with E-state index in [2.05, 4.69) is 0 Å². The van der Waals surface area contributed by atoms with Crippen LogP contribution in [0.25, 0.3) is 0 Å². The lowest BCUT2D eigenvalue weighted by molar-refractivity contribution is 1.05. The highest BCUT2D eigenvalue weighted by Crippen LogP contribution is 2.11. The summed E-state index contributed by atoms with van der Waals surface area (Å²) in [4.78, 5) is -0.728. The van der Waals surface area contributed by atoms with Gasteiger partial charge in [0.2, 0.25) is 0 Å². The molecule has 0 aliphatic carbocycles. The van der Waals surface area contributed by atoms with Gasteiger partial charge < -0.3 is 0 Å². The molecular weight excluding hydrogens is 285 g/mol. The predicted molar refractivity (Wildman–Crippen MR) is 61.6 cm³/mol. The topological polar surface area (TPSA) is 0 Å². The molecule has 0 saturated carbocycles. The fourth-order valence-electron chi connectivity index (χ4n) is 0.0825. The fraction of sp³-hybridized carbons (Fsp3) is 1.00. The van der Waals surface area contributed by atoms with E-state index in [-0.39, 0.29) is 10.2 Å². The lowest BCUT2D eigenvalue weighted by Crippen LogP contribution is -2.00. The van der Waals surface area contributed by atoms with Gasteiger partial charge in [-0.25, -0.2) is 0 Å². The summed E-state index contributed by atoms with van der Waals surface area (Å²) in [6.45, 7) is 1.74. The summed E-state index contributed by atoms with van der Waals surface area (Å²) in [6.07, 6.45) is 0.671. The van der Waals surface area contributed by atoms with Gasteiger partial charge in [-0.3, -0.25) is 0 Å². The van der Waals surface area contributed by atoms with E-state index < -0.39 is 4.84 Å². The van der Waals surface area contributed by atoms with E-state index in [0.29, 0.717) is 12.3 Å². The molecule has 0 nitrogen and oxygen atoms in total. The molecule has 6 heteroatoms. The molecule has 0 amide bonds. The quantitative estimate of drug-likeness (QED) is 0.654. The number of alkyl halides is 6. The first-order valence-electron chi connectivity index (χ1n) is 3.18. The molecule has 0 aromatic carbocycles. The lowest BCUT2D eigenvalue weighted by Gasteiger charge is -1.97. The summed E-state index contributed by atoms with van der Waals surface area (Å²) in [5.74, 6) is 0.539. The maximum atomic E-state index is 5.35. The van der Waals surface area contributed by atoms with Crippen LogP contribution in [0.3, 0.4) is 0 Å². The van der Waals surface area contributed by atoms with E-state index in [1.807, 2.05) is 0 Å². The zero-order valence-corrected chi connectivity index (χ0v) is 10.9. The number of halogens is 6. The Hall–Kier alpha value is 1.74. The van der Waals surface area contributed by atoms with Crippen LogP contribution in [0.5, 0.6) is 0 Å². The predicted octanol–water partition coefficient (Wildman–Crippen LogP) is 4.84. The molecule has 12 heavy (non-hydrogen) atoms. The van der Waals surface area contributed by atoms with E-state index in [1.54, 1.807) is 6.92 Å². The van der Waals surface area contributed by atoms with Gasteiger partial charge in [0.25, 0.3) is 0 Å². The van der Waals surface area contributed by atoms with Crippen molar-refractivity contribution in [1.82, 2.24) is 0 Å². The van der Waals surface area contributed by atoms with Gasteiger partial charge in [0.05, 0.1) is 5.38 Å². The molecule has 0 aliphatic heterocycles. The molecule has 0 rings (SSSR count). The molecule has 0 fully saturated rings. The molecule has 1 atom stereocenters. The van der Waals surface area contributed by atoms with Gasteiger partial charge >= 0.3 is 0 Å². The molecule has 76 valence electrons. The first-order valence-corrected chi connectivity index (χ1v) is 5.89. The number of rotatable bonds is 3. The second-order valence-electron chi connectivity index (χ2n) is 1.88. The van der Waals surface area contributed by atoms with E-state index in [4.69, 9.17) is 69.6 Å². The first kappa shape index (κ1) is 16.2. The third-order valence-corrected chi connectivity index (χ3v) is 2.60. The summed E-state index contributed by atoms with van der Waals surface area (Å²) >= 11 is 31.6. The van der Waals surface area contributed by atoms with Crippen LogP contribution in [0.4, 0.5) is 0 Å². The summed E-state index contributed by atoms with van der Waals surface area (Å²) in [7, 11) is 0. The molecule has 0 aliphatic rings. The SMILES string of the molecule is CC(Cl)C(Cl)Cl.ClCCC(Cl)Cl. The molecule has 0 bridgehead atoms. The van der Waals surface area contributed by atoms with Crippen LogP contribution >= 0.6 is 69.6 Å². The van der Waals surface area contributed by atoms with Crippen molar-refractivity contribution < 1.29 is 0 Å². The second-order valence-corrected chi connectivity index (χ2v) is 5.39. The van der Waals surface area contributed by atoms with Crippen molar-refractivity contribution in [1.29, 1.82) is 0 Å². The van der Waals surface area contributed by atoms with Crippen molar-refractivity contribution in [3.63, 3.8) is 0 Å². The Morgan fingerprint density at radius 1 is 1.00 bits per heavy atom. The minimum Gasteiger partial charge on any atom is -0.127 e. The molecule has 0 aromatic heterocycles. The van der Waals surface area contributed by atoms with E-state index in [9.17, 15) is 0 Å². The second kappa shape index (κ2) is 10.8. The average molecular weight is 295 g/mol. The Kier molecular flexibility index (Phi) is 14.6. The molecule has 0 heterocycles. The zero-order valence-electron chi connectivity index (χ0n) is 6.41. The Labute approximate surface area is 103 Å². The monoisotopic (exact) mass is 292 g/mol. The highest BCUT2D eigenvalue weighted by atomic mass is 35.5. The van der Waals surface area contributed by atoms with E-state index in [1.165, 1.54) is 0 Å². The molecular formula is C6H10Cl6. The zero-order chi connectivity index (χ0) is 10.1. The Morgan fingerprint density at radius 3 is 1.33 bits per heavy atom. The summed E-state index contributed by atoms with van der Waals surface area (Å²) in [6, 6.07) is 0.